The number of benzene rings is 1. The highest BCUT2D eigenvalue weighted by atomic mass is 16.4. The van der Waals surface area contributed by atoms with Gasteiger partial charge in [-0.1, -0.05) is 50.6 Å². The Morgan fingerprint density at radius 3 is 2.42 bits per heavy atom. The summed E-state index contributed by atoms with van der Waals surface area (Å²) in [4.78, 5) is 27.8. The highest BCUT2D eigenvalue weighted by Crippen LogP contribution is 2.36. The first-order valence-electron chi connectivity index (χ1n) is 9.07. The molecule has 1 aromatic carbocycles. The van der Waals surface area contributed by atoms with Gasteiger partial charge >= 0.3 is 5.97 Å². The van der Waals surface area contributed by atoms with Crippen molar-refractivity contribution in [3.63, 3.8) is 0 Å². The Bertz CT molecular complexity index is 717. The van der Waals surface area contributed by atoms with Crippen LogP contribution in [0.3, 0.4) is 0 Å². The third kappa shape index (κ3) is 5.55. The average Bonchev–Trinajstić information content (AvgIpc) is 2.56. The SMILES string of the molecule is CC1(C)CC(=O)C(=C(O)c2ccccc2)C(=NCCCCCC(=O)O)C1. The van der Waals surface area contributed by atoms with E-state index in [1.54, 1.807) is 12.1 Å². The number of hydrogen-bond donors (Lipinski definition) is 2. The van der Waals surface area contributed by atoms with Crippen LogP contribution in [-0.2, 0) is 9.59 Å². The van der Waals surface area contributed by atoms with Crippen molar-refractivity contribution in [2.75, 3.05) is 6.54 Å². The number of ketones is 1. The van der Waals surface area contributed by atoms with Crippen molar-refractivity contribution in [3.8, 4) is 0 Å². The van der Waals surface area contributed by atoms with Gasteiger partial charge in [-0.25, -0.2) is 0 Å². The zero-order valence-electron chi connectivity index (χ0n) is 15.5. The van der Waals surface area contributed by atoms with Crippen LogP contribution < -0.4 is 0 Å². The maximum Gasteiger partial charge on any atom is 0.303 e. The number of allylic oxidation sites excluding steroid dienone is 1. The van der Waals surface area contributed by atoms with Gasteiger partial charge in [0.1, 0.15) is 5.76 Å². The zero-order valence-corrected chi connectivity index (χ0v) is 15.5. The molecule has 140 valence electrons. The quantitative estimate of drug-likeness (QED) is 0.429. The molecule has 5 nitrogen and oxygen atoms in total. The van der Waals surface area contributed by atoms with Crippen molar-refractivity contribution in [2.45, 2.75) is 52.4 Å². The van der Waals surface area contributed by atoms with Crippen molar-refractivity contribution in [3.05, 3.63) is 41.5 Å². The molecule has 0 amide bonds. The summed E-state index contributed by atoms with van der Waals surface area (Å²) >= 11 is 0. The number of aliphatic hydroxyl groups is 1. The molecule has 0 unspecified atom stereocenters. The van der Waals surface area contributed by atoms with E-state index in [4.69, 9.17) is 5.11 Å². The van der Waals surface area contributed by atoms with Gasteiger partial charge in [-0.15, -0.1) is 0 Å². The van der Waals surface area contributed by atoms with Crippen LogP contribution in [0.2, 0.25) is 0 Å². The lowest BCUT2D eigenvalue weighted by atomic mass is 9.73. The van der Waals surface area contributed by atoms with Crippen molar-refractivity contribution in [2.24, 2.45) is 10.4 Å². The number of rotatable bonds is 7. The smallest absolute Gasteiger partial charge is 0.303 e. The van der Waals surface area contributed by atoms with Crippen LogP contribution in [0.15, 0.2) is 40.9 Å². The molecule has 1 aliphatic carbocycles. The summed E-state index contributed by atoms with van der Waals surface area (Å²) in [5.41, 5.74) is 1.43. The highest BCUT2D eigenvalue weighted by Gasteiger charge is 2.36. The monoisotopic (exact) mass is 357 g/mol. The summed E-state index contributed by atoms with van der Waals surface area (Å²) in [6.45, 7) is 4.59. The third-order valence-corrected chi connectivity index (χ3v) is 4.49. The molecule has 0 bridgehead atoms. The molecule has 0 heterocycles. The Morgan fingerprint density at radius 2 is 1.77 bits per heavy atom. The van der Waals surface area contributed by atoms with Crippen LogP contribution in [0, 0.1) is 5.41 Å². The number of Topliss-reactive ketones (excluding diaryl/α,β-unsaturated/α-hetero) is 1. The number of aliphatic carboxylic acids is 1. The van der Waals surface area contributed by atoms with Gasteiger partial charge in [-0.3, -0.25) is 14.6 Å². The number of carbonyl (C=O) groups is 2. The Kier molecular flexibility index (Phi) is 6.72. The molecule has 5 heteroatoms. The summed E-state index contributed by atoms with van der Waals surface area (Å²) in [5.74, 6) is -0.864. The maximum absolute atomic E-state index is 12.7. The van der Waals surface area contributed by atoms with E-state index in [2.05, 4.69) is 4.99 Å². The molecule has 0 aromatic heterocycles. The lowest BCUT2D eigenvalue weighted by Gasteiger charge is -2.31. The van der Waals surface area contributed by atoms with E-state index in [0.29, 0.717) is 42.7 Å². The third-order valence-electron chi connectivity index (χ3n) is 4.49. The second kappa shape index (κ2) is 8.79. The minimum atomic E-state index is -0.783. The van der Waals surface area contributed by atoms with Crippen LogP contribution in [0.5, 0.6) is 0 Å². The van der Waals surface area contributed by atoms with Crippen LogP contribution >= 0.6 is 0 Å². The van der Waals surface area contributed by atoms with Gasteiger partial charge in [0.2, 0.25) is 0 Å². The molecule has 0 atom stereocenters. The molecule has 0 saturated heterocycles. The highest BCUT2D eigenvalue weighted by molar-refractivity contribution is 6.28. The Labute approximate surface area is 154 Å². The van der Waals surface area contributed by atoms with Crippen molar-refractivity contribution >= 4 is 23.2 Å². The molecule has 1 saturated carbocycles. The van der Waals surface area contributed by atoms with Crippen LogP contribution in [-0.4, -0.2) is 34.2 Å². The predicted octanol–water partition coefficient (Wildman–Crippen LogP) is 4.43. The summed E-state index contributed by atoms with van der Waals surface area (Å²) in [5, 5.41) is 19.3. The number of aliphatic imine (C=N–C) groups is 1. The number of carbonyl (C=O) groups excluding carboxylic acids is 1. The van der Waals surface area contributed by atoms with E-state index >= 15 is 0 Å². The van der Waals surface area contributed by atoms with Gasteiger partial charge in [0, 0.05) is 30.7 Å². The van der Waals surface area contributed by atoms with Crippen molar-refractivity contribution < 1.29 is 19.8 Å². The summed E-state index contributed by atoms with van der Waals surface area (Å²) in [7, 11) is 0. The normalized spacial score (nSPS) is 20.2. The van der Waals surface area contributed by atoms with Gasteiger partial charge in [-0.2, -0.15) is 0 Å². The molecule has 2 N–H and O–H groups in total. The van der Waals surface area contributed by atoms with Crippen molar-refractivity contribution in [1.29, 1.82) is 0 Å². The van der Waals surface area contributed by atoms with Gasteiger partial charge in [-0.05, 0) is 24.7 Å². The van der Waals surface area contributed by atoms with Crippen LogP contribution in [0.4, 0.5) is 0 Å². The molecule has 0 aliphatic heterocycles. The molecule has 0 radical (unpaired) electrons. The minimum absolute atomic E-state index is 0.00396. The van der Waals surface area contributed by atoms with Gasteiger partial charge < -0.3 is 10.2 Å². The topological polar surface area (TPSA) is 87.0 Å². The Balaban J connectivity index is 2.19. The largest absolute Gasteiger partial charge is 0.506 e. The molecular weight excluding hydrogens is 330 g/mol. The lowest BCUT2D eigenvalue weighted by Crippen LogP contribution is -2.32. The molecule has 0 spiro atoms. The van der Waals surface area contributed by atoms with Crippen LogP contribution in [0.25, 0.3) is 5.76 Å². The van der Waals surface area contributed by atoms with Gasteiger partial charge in [0.05, 0.1) is 5.57 Å². The first-order chi connectivity index (χ1) is 12.3. The fourth-order valence-electron chi connectivity index (χ4n) is 3.21. The number of carboxylic acids is 1. The van der Waals surface area contributed by atoms with E-state index in [-0.39, 0.29) is 23.4 Å². The van der Waals surface area contributed by atoms with Crippen molar-refractivity contribution in [1.82, 2.24) is 0 Å². The number of aliphatic hydroxyl groups excluding tert-OH is 1. The molecule has 1 fully saturated rings. The number of hydrogen-bond acceptors (Lipinski definition) is 4. The average molecular weight is 357 g/mol. The van der Waals surface area contributed by atoms with Crippen LogP contribution in [0.1, 0.15) is 57.9 Å². The van der Waals surface area contributed by atoms with Gasteiger partial charge in [0.25, 0.3) is 0 Å². The van der Waals surface area contributed by atoms with E-state index < -0.39 is 5.97 Å². The molecule has 2 rings (SSSR count). The second-order valence-electron chi connectivity index (χ2n) is 7.56. The van der Waals surface area contributed by atoms with E-state index in [1.165, 1.54) is 0 Å². The Hall–Kier alpha value is -2.43. The fraction of sp³-hybridized carbons (Fsp3) is 0.476. The van der Waals surface area contributed by atoms with E-state index in [9.17, 15) is 14.7 Å². The first-order valence-corrected chi connectivity index (χ1v) is 9.07. The first kappa shape index (κ1) is 19.9. The fourth-order valence-corrected chi connectivity index (χ4v) is 3.21. The number of unbranched alkanes of at least 4 members (excludes halogenated alkanes) is 2. The Morgan fingerprint density at radius 1 is 1.08 bits per heavy atom. The molecule has 1 aliphatic rings. The van der Waals surface area contributed by atoms with Gasteiger partial charge in [0.15, 0.2) is 5.78 Å². The predicted molar refractivity (Wildman–Crippen MR) is 102 cm³/mol. The maximum atomic E-state index is 12.7. The second-order valence-corrected chi connectivity index (χ2v) is 7.56. The van der Waals surface area contributed by atoms with E-state index in [1.807, 2.05) is 32.0 Å². The molecule has 1 aromatic rings. The standard InChI is InChI=1S/C21H27NO4/c1-21(2)13-16(22-12-8-4-7-11-18(24)25)19(17(23)14-21)20(26)15-9-5-3-6-10-15/h3,5-6,9-10,26H,4,7-8,11-14H2,1-2H3,(H,24,25). The summed E-state index contributed by atoms with van der Waals surface area (Å²) in [6, 6.07) is 9.06. The van der Waals surface area contributed by atoms with E-state index in [0.717, 1.165) is 12.8 Å². The lowest BCUT2D eigenvalue weighted by molar-refractivity contribution is -0.137. The zero-order chi connectivity index (χ0) is 19.2. The summed E-state index contributed by atoms with van der Waals surface area (Å²) in [6.07, 6.45) is 3.37. The minimum Gasteiger partial charge on any atom is -0.506 e. The number of carboxylic acid groups (broad SMARTS) is 1. The summed E-state index contributed by atoms with van der Waals surface area (Å²) < 4.78 is 0. The number of nitrogens with zero attached hydrogens (tertiary/aromatic N) is 1. The molecular formula is C21H27NO4. The molecule has 26 heavy (non-hydrogen) atoms.